The van der Waals surface area contributed by atoms with E-state index in [9.17, 15) is 14.4 Å². The minimum Gasteiger partial charge on any atom is -0.348 e. The third-order valence-electron chi connectivity index (χ3n) is 5.31. The van der Waals surface area contributed by atoms with Crippen molar-refractivity contribution in [2.75, 3.05) is 16.8 Å². The molecule has 2 aromatic carbocycles. The second-order valence-corrected chi connectivity index (χ2v) is 7.68. The number of imidazole rings is 1. The molecule has 1 aliphatic rings. The van der Waals surface area contributed by atoms with E-state index in [1.807, 2.05) is 28.8 Å². The van der Waals surface area contributed by atoms with Crippen LogP contribution in [0.1, 0.15) is 35.2 Å². The molecule has 3 amide bonds. The first-order chi connectivity index (χ1) is 15.6. The van der Waals surface area contributed by atoms with E-state index in [1.165, 1.54) is 0 Å². The van der Waals surface area contributed by atoms with Gasteiger partial charge in [0, 0.05) is 61.8 Å². The van der Waals surface area contributed by atoms with Gasteiger partial charge >= 0.3 is 0 Å². The zero-order valence-electron chi connectivity index (χ0n) is 17.7. The number of rotatable bonds is 8. The molecule has 0 unspecified atom stereocenters. The molecule has 8 nitrogen and oxygen atoms in total. The molecule has 2 heterocycles. The van der Waals surface area contributed by atoms with Crippen LogP contribution in [0.4, 0.5) is 11.4 Å². The second kappa shape index (κ2) is 9.91. The van der Waals surface area contributed by atoms with Crippen LogP contribution in [0.5, 0.6) is 0 Å². The molecule has 164 valence electrons. The Bertz CT molecular complexity index is 1110. The minimum absolute atomic E-state index is 0.134. The third kappa shape index (κ3) is 5.40. The van der Waals surface area contributed by atoms with Crippen molar-refractivity contribution in [3.8, 4) is 0 Å². The van der Waals surface area contributed by atoms with Gasteiger partial charge in [0.15, 0.2) is 0 Å². The lowest BCUT2D eigenvalue weighted by Gasteiger charge is -2.16. The van der Waals surface area contributed by atoms with Crippen molar-refractivity contribution in [2.24, 2.45) is 0 Å². The summed E-state index contributed by atoms with van der Waals surface area (Å²) in [7, 11) is 0. The Balaban J connectivity index is 1.32. The molecule has 0 bridgehead atoms. The lowest BCUT2D eigenvalue weighted by atomic mass is 10.1. The van der Waals surface area contributed by atoms with Gasteiger partial charge in [-0.1, -0.05) is 18.2 Å². The lowest BCUT2D eigenvalue weighted by Crippen LogP contribution is -2.25. The molecule has 0 radical (unpaired) electrons. The maximum atomic E-state index is 12.6. The summed E-state index contributed by atoms with van der Waals surface area (Å²) in [6.07, 6.45) is 6.90. The van der Waals surface area contributed by atoms with Crippen molar-refractivity contribution in [1.82, 2.24) is 14.9 Å². The Morgan fingerprint density at radius 1 is 1.09 bits per heavy atom. The molecule has 1 fully saturated rings. The fourth-order valence-electron chi connectivity index (χ4n) is 3.65. The molecule has 0 spiro atoms. The SMILES string of the molecule is O=C(CCn1ccnc1)Nc1cccc(C(=O)NCc2cccc(N3CCCC3=O)c2)c1. The quantitative estimate of drug-likeness (QED) is 0.573. The molecule has 3 aromatic rings. The summed E-state index contributed by atoms with van der Waals surface area (Å²) in [5.74, 6) is -0.234. The number of carbonyl (C=O) groups excluding carboxylic acids is 3. The summed E-state index contributed by atoms with van der Waals surface area (Å²) in [5, 5.41) is 5.73. The van der Waals surface area contributed by atoms with Crippen LogP contribution in [0.15, 0.2) is 67.3 Å². The first kappa shape index (κ1) is 21.3. The highest BCUT2D eigenvalue weighted by molar-refractivity contribution is 5.97. The van der Waals surface area contributed by atoms with Gasteiger partial charge in [0.1, 0.15) is 0 Å². The fraction of sp³-hybridized carbons (Fsp3) is 0.250. The van der Waals surface area contributed by atoms with Crippen LogP contribution in [0.3, 0.4) is 0 Å². The summed E-state index contributed by atoms with van der Waals surface area (Å²) in [5.41, 5.74) is 2.81. The summed E-state index contributed by atoms with van der Waals surface area (Å²) >= 11 is 0. The van der Waals surface area contributed by atoms with E-state index in [4.69, 9.17) is 0 Å². The van der Waals surface area contributed by atoms with E-state index in [1.54, 1.807) is 47.9 Å². The molecule has 1 aliphatic heterocycles. The zero-order valence-corrected chi connectivity index (χ0v) is 17.7. The Morgan fingerprint density at radius 2 is 1.97 bits per heavy atom. The van der Waals surface area contributed by atoms with Crippen LogP contribution in [-0.4, -0.2) is 33.8 Å². The van der Waals surface area contributed by atoms with E-state index in [2.05, 4.69) is 15.6 Å². The molecular formula is C24H25N5O3. The number of aromatic nitrogens is 2. The monoisotopic (exact) mass is 431 g/mol. The molecule has 1 saturated heterocycles. The standard InChI is InChI=1S/C24H25N5O3/c30-22(9-12-28-13-10-25-17-28)27-20-6-2-5-19(15-20)24(32)26-16-18-4-1-7-21(14-18)29-11-3-8-23(29)31/h1-2,4-7,10,13-15,17H,3,8-9,11-12,16H2,(H,26,32)(H,27,30). The second-order valence-electron chi connectivity index (χ2n) is 7.68. The number of hydrogen-bond acceptors (Lipinski definition) is 4. The maximum absolute atomic E-state index is 12.6. The number of benzene rings is 2. The molecular weight excluding hydrogens is 406 g/mol. The van der Waals surface area contributed by atoms with E-state index in [-0.39, 0.29) is 17.7 Å². The molecule has 8 heteroatoms. The molecule has 1 aromatic heterocycles. The van der Waals surface area contributed by atoms with Crippen molar-refractivity contribution >= 4 is 29.1 Å². The van der Waals surface area contributed by atoms with Gasteiger partial charge in [-0.25, -0.2) is 4.98 Å². The van der Waals surface area contributed by atoms with Gasteiger partial charge in [0.25, 0.3) is 5.91 Å². The molecule has 4 rings (SSSR count). The Kier molecular flexibility index (Phi) is 6.60. The van der Waals surface area contributed by atoms with Crippen LogP contribution >= 0.6 is 0 Å². The third-order valence-corrected chi connectivity index (χ3v) is 5.31. The number of nitrogens with one attached hydrogen (secondary N) is 2. The van der Waals surface area contributed by atoms with Crippen LogP contribution in [0.25, 0.3) is 0 Å². The normalized spacial score (nSPS) is 13.2. The number of amides is 3. The summed E-state index contributed by atoms with van der Waals surface area (Å²) < 4.78 is 1.83. The van der Waals surface area contributed by atoms with Crippen molar-refractivity contribution in [3.63, 3.8) is 0 Å². The van der Waals surface area contributed by atoms with Gasteiger partial charge in [-0.15, -0.1) is 0 Å². The van der Waals surface area contributed by atoms with Crippen molar-refractivity contribution in [2.45, 2.75) is 32.4 Å². The highest BCUT2D eigenvalue weighted by Crippen LogP contribution is 2.22. The fourth-order valence-corrected chi connectivity index (χ4v) is 3.65. The van der Waals surface area contributed by atoms with Crippen molar-refractivity contribution in [1.29, 1.82) is 0 Å². The predicted octanol–water partition coefficient (Wildman–Crippen LogP) is 2.97. The van der Waals surface area contributed by atoms with E-state index in [0.717, 1.165) is 24.2 Å². The van der Waals surface area contributed by atoms with Gasteiger partial charge in [0.2, 0.25) is 11.8 Å². The topological polar surface area (TPSA) is 96.3 Å². The lowest BCUT2D eigenvalue weighted by molar-refractivity contribution is -0.117. The van der Waals surface area contributed by atoms with Crippen LogP contribution in [0, 0.1) is 0 Å². The van der Waals surface area contributed by atoms with Crippen LogP contribution in [-0.2, 0) is 22.7 Å². The molecule has 32 heavy (non-hydrogen) atoms. The van der Waals surface area contributed by atoms with Gasteiger partial charge in [-0.2, -0.15) is 0 Å². The highest BCUT2D eigenvalue weighted by Gasteiger charge is 2.21. The van der Waals surface area contributed by atoms with E-state index in [0.29, 0.717) is 37.2 Å². The van der Waals surface area contributed by atoms with Gasteiger partial charge in [-0.05, 0) is 42.3 Å². The Hall–Kier alpha value is -3.94. The number of hydrogen-bond donors (Lipinski definition) is 2. The highest BCUT2D eigenvalue weighted by atomic mass is 16.2. The number of aryl methyl sites for hydroxylation is 1. The zero-order chi connectivity index (χ0) is 22.3. The van der Waals surface area contributed by atoms with Crippen LogP contribution < -0.4 is 15.5 Å². The molecule has 0 saturated carbocycles. The van der Waals surface area contributed by atoms with Gasteiger partial charge < -0.3 is 20.1 Å². The van der Waals surface area contributed by atoms with Gasteiger partial charge in [-0.3, -0.25) is 14.4 Å². The smallest absolute Gasteiger partial charge is 0.251 e. The molecule has 0 atom stereocenters. The summed E-state index contributed by atoms with van der Waals surface area (Å²) in [6.45, 7) is 1.61. The van der Waals surface area contributed by atoms with Crippen molar-refractivity contribution in [3.05, 3.63) is 78.4 Å². The van der Waals surface area contributed by atoms with E-state index < -0.39 is 0 Å². The number of carbonyl (C=O) groups is 3. The summed E-state index contributed by atoms with van der Waals surface area (Å²) in [6, 6.07) is 14.5. The Morgan fingerprint density at radius 3 is 2.75 bits per heavy atom. The maximum Gasteiger partial charge on any atom is 0.251 e. The van der Waals surface area contributed by atoms with Crippen LogP contribution in [0.2, 0.25) is 0 Å². The van der Waals surface area contributed by atoms with E-state index >= 15 is 0 Å². The van der Waals surface area contributed by atoms with Crippen molar-refractivity contribution < 1.29 is 14.4 Å². The first-order valence-corrected chi connectivity index (χ1v) is 10.6. The molecule has 2 N–H and O–H groups in total. The average Bonchev–Trinajstić information content (AvgIpc) is 3.48. The van der Waals surface area contributed by atoms with Gasteiger partial charge in [0.05, 0.1) is 6.33 Å². The predicted molar refractivity (Wildman–Crippen MR) is 121 cm³/mol. The number of nitrogens with zero attached hydrogens (tertiary/aromatic N) is 3. The largest absolute Gasteiger partial charge is 0.348 e. The number of anilines is 2. The average molecular weight is 431 g/mol. The first-order valence-electron chi connectivity index (χ1n) is 10.6. The molecule has 0 aliphatic carbocycles. The Labute approximate surface area is 186 Å². The minimum atomic E-state index is -0.234. The summed E-state index contributed by atoms with van der Waals surface area (Å²) in [4.78, 5) is 42.5.